The Morgan fingerprint density at radius 2 is 1.90 bits per heavy atom. The molecular weight excluding hydrogens is 268 g/mol. The number of hydrogen-bond acceptors (Lipinski definition) is 4. The maximum absolute atomic E-state index is 11.1. The average molecular weight is 286 g/mol. The Morgan fingerprint density at radius 3 is 2.57 bits per heavy atom. The van der Waals surface area contributed by atoms with Gasteiger partial charge in [0.15, 0.2) is 0 Å². The summed E-state index contributed by atoms with van der Waals surface area (Å²) in [5.41, 5.74) is 1.83. The highest BCUT2D eigenvalue weighted by Crippen LogP contribution is 2.35. The molecule has 0 saturated carbocycles. The summed E-state index contributed by atoms with van der Waals surface area (Å²) in [6.45, 7) is 3.88. The van der Waals surface area contributed by atoms with E-state index in [4.69, 9.17) is 4.74 Å². The van der Waals surface area contributed by atoms with E-state index >= 15 is 0 Å². The maximum Gasteiger partial charge on any atom is 0.311 e. The summed E-state index contributed by atoms with van der Waals surface area (Å²) in [6, 6.07) is 12.5. The van der Waals surface area contributed by atoms with Crippen LogP contribution in [0.15, 0.2) is 42.5 Å². The number of ether oxygens (including phenoxy) is 1. The summed E-state index contributed by atoms with van der Waals surface area (Å²) in [6.07, 6.45) is 0. The highest BCUT2D eigenvalue weighted by molar-refractivity contribution is 5.51. The number of aryl methyl sites for hydroxylation is 1. The summed E-state index contributed by atoms with van der Waals surface area (Å²) < 4.78 is 5.82. The topological polar surface area (TPSA) is 64.4 Å². The van der Waals surface area contributed by atoms with E-state index in [0.717, 1.165) is 11.1 Å². The first kappa shape index (κ1) is 15.0. The molecule has 2 aromatic carbocycles. The summed E-state index contributed by atoms with van der Waals surface area (Å²) in [5, 5.41) is 14.3. The first-order valence-corrected chi connectivity index (χ1v) is 6.72. The van der Waals surface area contributed by atoms with Crippen LogP contribution < -0.4 is 10.1 Å². The number of para-hydroxylation sites is 1. The van der Waals surface area contributed by atoms with Gasteiger partial charge in [0.2, 0.25) is 5.75 Å². The molecule has 0 amide bonds. The third-order valence-corrected chi connectivity index (χ3v) is 3.35. The van der Waals surface area contributed by atoms with E-state index in [0.29, 0.717) is 5.75 Å². The number of nitrogens with one attached hydrogen (secondary N) is 1. The molecule has 0 spiro atoms. The van der Waals surface area contributed by atoms with Crippen LogP contribution in [-0.4, -0.2) is 12.0 Å². The first-order valence-electron chi connectivity index (χ1n) is 6.72. The lowest BCUT2D eigenvalue weighted by Crippen LogP contribution is -2.13. The van der Waals surface area contributed by atoms with Crippen LogP contribution in [0.25, 0.3) is 0 Å². The lowest BCUT2D eigenvalue weighted by atomic mass is 10.1. The summed E-state index contributed by atoms with van der Waals surface area (Å²) in [4.78, 5) is 10.7. The van der Waals surface area contributed by atoms with Gasteiger partial charge in [-0.15, -0.1) is 0 Å². The smallest absolute Gasteiger partial charge is 0.311 e. The number of benzene rings is 2. The average Bonchev–Trinajstić information content (AvgIpc) is 2.47. The van der Waals surface area contributed by atoms with Crippen LogP contribution in [0.4, 0.5) is 5.69 Å². The zero-order valence-corrected chi connectivity index (χ0v) is 12.3. The van der Waals surface area contributed by atoms with Gasteiger partial charge in [-0.25, -0.2) is 0 Å². The van der Waals surface area contributed by atoms with E-state index < -0.39 is 4.92 Å². The van der Waals surface area contributed by atoms with Gasteiger partial charge >= 0.3 is 5.69 Å². The van der Waals surface area contributed by atoms with E-state index in [1.54, 1.807) is 12.1 Å². The van der Waals surface area contributed by atoms with Gasteiger partial charge in [0.25, 0.3) is 0 Å². The van der Waals surface area contributed by atoms with Crippen molar-refractivity contribution >= 4 is 5.69 Å². The van der Waals surface area contributed by atoms with Gasteiger partial charge in [-0.3, -0.25) is 10.1 Å². The van der Waals surface area contributed by atoms with Crippen LogP contribution >= 0.6 is 0 Å². The Morgan fingerprint density at radius 1 is 1.19 bits per heavy atom. The van der Waals surface area contributed by atoms with E-state index in [1.807, 2.05) is 45.2 Å². The summed E-state index contributed by atoms with van der Waals surface area (Å²) in [7, 11) is 1.86. The first-order chi connectivity index (χ1) is 10.0. The van der Waals surface area contributed by atoms with Crippen molar-refractivity contribution in [1.29, 1.82) is 0 Å². The molecule has 0 bridgehead atoms. The van der Waals surface area contributed by atoms with Crippen molar-refractivity contribution in [3.8, 4) is 11.5 Å². The second kappa shape index (κ2) is 6.37. The fourth-order valence-corrected chi connectivity index (χ4v) is 2.06. The van der Waals surface area contributed by atoms with Crippen LogP contribution in [-0.2, 0) is 0 Å². The van der Waals surface area contributed by atoms with Gasteiger partial charge in [-0.05, 0) is 38.6 Å². The number of hydrogen-bond donors (Lipinski definition) is 1. The Balaban J connectivity index is 2.43. The van der Waals surface area contributed by atoms with Gasteiger partial charge in [0.05, 0.1) is 4.92 Å². The van der Waals surface area contributed by atoms with Crippen molar-refractivity contribution in [1.82, 2.24) is 5.32 Å². The predicted octanol–water partition coefficient (Wildman–Crippen LogP) is 3.98. The minimum atomic E-state index is -0.432. The second-order valence-corrected chi connectivity index (χ2v) is 4.88. The Kier molecular flexibility index (Phi) is 4.55. The molecule has 5 heteroatoms. The van der Waals surface area contributed by atoms with E-state index in [-0.39, 0.29) is 17.5 Å². The van der Waals surface area contributed by atoms with Crippen molar-refractivity contribution in [3.63, 3.8) is 0 Å². The molecule has 1 N–H and O–H groups in total. The number of rotatable bonds is 5. The van der Waals surface area contributed by atoms with Gasteiger partial charge < -0.3 is 10.1 Å². The fourth-order valence-electron chi connectivity index (χ4n) is 2.06. The van der Waals surface area contributed by atoms with Gasteiger partial charge in [0.1, 0.15) is 5.75 Å². The van der Waals surface area contributed by atoms with Gasteiger partial charge in [-0.1, -0.05) is 24.3 Å². The van der Waals surface area contributed by atoms with E-state index in [2.05, 4.69) is 5.32 Å². The Bertz CT molecular complexity index is 656. The van der Waals surface area contributed by atoms with Crippen LogP contribution in [0.1, 0.15) is 24.1 Å². The third-order valence-electron chi connectivity index (χ3n) is 3.35. The van der Waals surface area contributed by atoms with E-state index in [9.17, 15) is 10.1 Å². The molecule has 5 nitrogen and oxygen atoms in total. The molecule has 0 aliphatic heterocycles. The van der Waals surface area contributed by atoms with Gasteiger partial charge in [0, 0.05) is 17.7 Å². The molecule has 110 valence electrons. The minimum absolute atomic E-state index is 0.0347. The van der Waals surface area contributed by atoms with Crippen LogP contribution in [0.2, 0.25) is 0 Å². The molecule has 1 unspecified atom stereocenters. The molecule has 2 aromatic rings. The van der Waals surface area contributed by atoms with Crippen LogP contribution in [0, 0.1) is 17.0 Å². The van der Waals surface area contributed by atoms with Crippen molar-refractivity contribution in [3.05, 3.63) is 63.7 Å². The van der Waals surface area contributed by atoms with Crippen molar-refractivity contribution < 1.29 is 9.66 Å². The minimum Gasteiger partial charge on any atom is -0.450 e. The van der Waals surface area contributed by atoms with Crippen molar-refractivity contribution in [2.45, 2.75) is 19.9 Å². The number of nitro benzene ring substituents is 1. The Hall–Kier alpha value is -2.40. The molecule has 0 aliphatic rings. The quantitative estimate of drug-likeness (QED) is 0.667. The molecule has 21 heavy (non-hydrogen) atoms. The molecule has 1 atom stereocenters. The monoisotopic (exact) mass is 286 g/mol. The summed E-state index contributed by atoms with van der Waals surface area (Å²) in [5.74, 6) is 0.879. The van der Waals surface area contributed by atoms with Crippen LogP contribution in [0.5, 0.6) is 11.5 Å². The van der Waals surface area contributed by atoms with Gasteiger partial charge in [-0.2, -0.15) is 0 Å². The zero-order valence-electron chi connectivity index (χ0n) is 12.3. The number of nitro groups is 1. The molecular formula is C16H18N2O3. The van der Waals surface area contributed by atoms with Crippen molar-refractivity contribution in [2.24, 2.45) is 0 Å². The van der Waals surface area contributed by atoms with E-state index in [1.165, 1.54) is 6.07 Å². The highest BCUT2D eigenvalue weighted by atomic mass is 16.6. The fraction of sp³-hybridized carbons (Fsp3) is 0.250. The SMILES string of the molecule is CNC(C)c1ccccc1Oc1cc(C)ccc1[N+](=O)[O-]. The normalized spacial score (nSPS) is 12.0. The third kappa shape index (κ3) is 3.38. The second-order valence-electron chi connectivity index (χ2n) is 4.88. The summed E-state index contributed by atoms with van der Waals surface area (Å²) >= 11 is 0. The Labute approximate surface area is 123 Å². The molecule has 0 heterocycles. The molecule has 0 fully saturated rings. The molecule has 0 aliphatic carbocycles. The zero-order chi connectivity index (χ0) is 15.4. The number of nitrogens with zero attached hydrogens (tertiary/aromatic N) is 1. The largest absolute Gasteiger partial charge is 0.450 e. The maximum atomic E-state index is 11.1. The molecule has 0 radical (unpaired) electrons. The lowest BCUT2D eigenvalue weighted by molar-refractivity contribution is -0.385. The molecule has 2 rings (SSSR count). The molecule has 0 aromatic heterocycles. The predicted molar refractivity (Wildman–Crippen MR) is 81.8 cm³/mol. The standard InChI is InChI=1S/C16H18N2O3/c1-11-8-9-14(18(19)20)16(10-11)21-15-7-5-4-6-13(15)12(2)17-3/h4-10,12,17H,1-3H3. The highest BCUT2D eigenvalue weighted by Gasteiger charge is 2.18. The van der Waals surface area contributed by atoms with Crippen molar-refractivity contribution in [2.75, 3.05) is 7.05 Å². The molecule has 0 saturated heterocycles. The van der Waals surface area contributed by atoms with Crippen LogP contribution in [0.3, 0.4) is 0 Å². The lowest BCUT2D eigenvalue weighted by Gasteiger charge is -2.16.